The monoisotopic (exact) mass is 311 g/mol. The first-order valence-electron chi connectivity index (χ1n) is 6.82. The van der Waals surface area contributed by atoms with Gasteiger partial charge in [-0.1, -0.05) is 41.9 Å². The van der Waals surface area contributed by atoms with Crippen molar-refractivity contribution in [2.24, 2.45) is 5.73 Å². The van der Waals surface area contributed by atoms with Crippen LogP contribution in [0.15, 0.2) is 54.6 Å². The molecular formula is C17H14ClN3O. The quantitative estimate of drug-likeness (QED) is 0.775. The third-order valence-electron chi connectivity index (χ3n) is 3.29. The number of hydrogen-bond donors (Lipinski definition) is 2. The van der Waals surface area contributed by atoms with E-state index in [1.165, 1.54) is 0 Å². The lowest BCUT2D eigenvalue weighted by molar-refractivity contribution is -0.117. The molecule has 5 heteroatoms. The van der Waals surface area contributed by atoms with Gasteiger partial charge in [0.25, 0.3) is 0 Å². The van der Waals surface area contributed by atoms with Gasteiger partial charge in [0.1, 0.15) is 5.82 Å². The number of rotatable bonds is 4. The van der Waals surface area contributed by atoms with Crippen LogP contribution in [0.4, 0.5) is 0 Å². The molecule has 0 aliphatic carbocycles. The third kappa shape index (κ3) is 3.02. The summed E-state index contributed by atoms with van der Waals surface area (Å²) in [5.74, 6) is 0.287. The minimum atomic E-state index is -0.400. The third-order valence-corrected chi connectivity index (χ3v) is 3.55. The van der Waals surface area contributed by atoms with Crippen molar-refractivity contribution in [3.05, 3.63) is 65.3 Å². The second kappa shape index (κ2) is 6.03. The summed E-state index contributed by atoms with van der Waals surface area (Å²) < 4.78 is 0. The van der Waals surface area contributed by atoms with Crippen molar-refractivity contribution in [1.29, 1.82) is 0 Å². The van der Waals surface area contributed by atoms with Crippen LogP contribution >= 0.6 is 11.6 Å². The standard InChI is InChI=1S/C17H14ClN3O/c18-13-8-6-12(7-9-13)17-20-14(10-15(19)22)16(21-17)11-4-2-1-3-5-11/h1-9H,10H2,(H2,19,22)(H,20,21). The van der Waals surface area contributed by atoms with E-state index in [-0.39, 0.29) is 6.42 Å². The molecule has 3 N–H and O–H groups in total. The van der Waals surface area contributed by atoms with E-state index in [1.807, 2.05) is 42.5 Å². The Balaban J connectivity index is 2.08. The van der Waals surface area contributed by atoms with Crippen molar-refractivity contribution in [1.82, 2.24) is 9.97 Å². The Morgan fingerprint density at radius 1 is 1.05 bits per heavy atom. The van der Waals surface area contributed by atoms with Crippen molar-refractivity contribution < 1.29 is 4.79 Å². The fraction of sp³-hybridized carbons (Fsp3) is 0.0588. The van der Waals surface area contributed by atoms with Gasteiger partial charge in [0.15, 0.2) is 0 Å². The highest BCUT2D eigenvalue weighted by atomic mass is 35.5. The van der Waals surface area contributed by atoms with Crippen LogP contribution in [0.2, 0.25) is 5.02 Å². The number of nitrogens with one attached hydrogen (secondary N) is 1. The number of amides is 1. The Labute approximate surface area is 133 Å². The normalized spacial score (nSPS) is 10.6. The second-order valence-corrected chi connectivity index (χ2v) is 5.37. The molecular weight excluding hydrogens is 298 g/mol. The number of H-pyrrole nitrogens is 1. The van der Waals surface area contributed by atoms with E-state index in [4.69, 9.17) is 17.3 Å². The topological polar surface area (TPSA) is 71.8 Å². The van der Waals surface area contributed by atoms with Gasteiger partial charge in [0, 0.05) is 16.1 Å². The van der Waals surface area contributed by atoms with E-state index in [2.05, 4.69) is 9.97 Å². The van der Waals surface area contributed by atoms with Crippen molar-refractivity contribution in [2.75, 3.05) is 0 Å². The van der Waals surface area contributed by atoms with Gasteiger partial charge >= 0.3 is 0 Å². The number of primary amides is 1. The molecule has 3 rings (SSSR count). The van der Waals surface area contributed by atoms with Gasteiger partial charge in [0.2, 0.25) is 5.91 Å². The van der Waals surface area contributed by atoms with Gasteiger partial charge in [-0.15, -0.1) is 0 Å². The minimum absolute atomic E-state index is 0.116. The lowest BCUT2D eigenvalue weighted by atomic mass is 10.1. The Morgan fingerprint density at radius 3 is 2.36 bits per heavy atom. The first kappa shape index (κ1) is 14.4. The zero-order valence-corrected chi connectivity index (χ0v) is 12.5. The molecule has 0 atom stereocenters. The molecule has 0 aliphatic rings. The molecule has 0 bridgehead atoms. The van der Waals surface area contributed by atoms with Crippen LogP contribution < -0.4 is 5.73 Å². The summed E-state index contributed by atoms with van der Waals surface area (Å²) in [6.45, 7) is 0. The van der Waals surface area contributed by atoms with E-state index in [1.54, 1.807) is 12.1 Å². The lowest BCUT2D eigenvalue weighted by Gasteiger charge is -1.99. The SMILES string of the molecule is NC(=O)Cc1[nH]c(-c2ccc(Cl)cc2)nc1-c1ccccc1. The summed E-state index contributed by atoms with van der Waals surface area (Å²) in [5, 5.41) is 0.663. The lowest BCUT2D eigenvalue weighted by Crippen LogP contribution is -2.14. The highest BCUT2D eigenvalue weighted by Gasteiger charge is 2.15. The Morgan fingerprint density at radius 2 is 1.73 bits per heavy atom. The zero-order chi connectivity index (χ0) is 15.5. The van der Waals surface area contributed by atoms with Crippen LogP contribution in [0.5, 0.6) is 0 Å². The largest absolute Gasteiger partial charge is 0.369 e. The molecule has 0 aliphatic heterocycles. The number of aromatic amines is 1. The molecule has 1 heterocycles. The maximum absolute atomic E-state index is 11.3. The zero-order valence-electron chi connectivity index (χ0n) is 11.7. The van der Waals surface area contributed by atoms with Crippen LogP contribution in [-0.4, -0.2) is 15.9 Å². The van der Waals surface area contributed by atoms with Crippen molar-refractivity contribution in [3.63, 3.8) is 0 Å². The Hall–Kier alpha value is -2.59. The number of nitrogens with zero attached hydrogens (tertiary/aromatic N) is 1. The van der Waals surface area contributed by atoms with Crippen LogP contribution in [0.1, 0.15) is 5.69 Å². The van der Waals surface area contributed by atoms with Gasteiger partial charge < -0.3 is 10.7 Å². The average Bonchev–Trinajstić information content (AvgIpc) is 2.92. The average molecular weight is 312 g/mol. The van der Waals surface area contributed by atoms with Crippen LogP contribution in [0.25, 0.3) is 22.6 Å². The van der Waals surface area contributed by atoms with Crippen molar-refractivity contribution in [2.45, 2.75) is 6.42 Å². The summed E-state index contributed by atoms with van der Waals surface area (Å²) in [4.78, 5) is 19.1. The Kier molecular flexibility index (Phi) is 3.94. The molecule has 0 unspecified atom stereocenters. The molecule has 22 heavy (non-hydrogen) atoms. The molecule has 1 amide bonds. The number of carbonyl (C=O) groups is 1. The number of aromatic nitrogens is 2. The van der Waals surface area contributed by atoms with Gasteiger partial charge in [0.05, 0.1) is 17.8 Å². The van der Waals surface area contributed by atoms with Crippen LogP contribution in [0, 0.1) is 0 Å². The number of carbonyl (C=O) groups excluding carboxylic acids is 1. The first-order valence-corrected chi connectivity index (χ1v) is 7.20. The maximum Gasteiger partial charge on any atom is 0.223 e. The predicted octanol–water partition coefficient (Wildman–Crippen LogP) is 3.42. The molecule has 0 fully saturated rings. The predicted molar refractivity (Wildman–Crippen MR) is 87.4 cm³/mol. The van der Waals surface area contributed by atoms with Crippen molar-refractivity contribution >= 4 is 17.5 Å². The van der Waals surface area contributed by atoms with Gasteiger partial charge in [-0.3, -0.25) is 4.79 Å². The fourth-order valence-corrected chi connectivity index (χ4v) is 2.42. The first-order chi connectivity index (χ1) is 10.6. The van der Waals surface area contributed by atoms with E-state index in [0.717, 1.165) is 16.8 Å². The highest BCUT2D eigenvalue weighted by molar-refractivity contribution is 6.30. The molecule has 4 nitrogen and oxygen atoms in total. The van der Waals surface area contributed by atoms with Crippen LogP contribution in [-0.2, 0) is 11.2 Å². The molecule has 2 aromatic carbocycles. The highest BCUT2D eigenvalue weighted by Crippen LogP contribution is 2.27. The number of benzene rings is 2. The van der Waals surface area contributed by atoms with Gasteiger partial charge in [-0.25, -0.2) is 4.98 Å². The van der Waals surface area contributed by atoms with E-state index in [9.17, 15) is 4.79 Å². The maximum atomic E-state index is 11.3. The van der Waals surface area contributed by atoms with E-state index in [0.29, 0.717) is 16.5 Å². The Bertz CT molecular complexity index is 795. The summed E-state index contributed by atoms with van der Waals surface area (Å²) in [6, 6.07) is 17.1. The molecule has 0 spiro atoms. The summed E-state index contributed by atoms with van der Waals surface area (Å²) in [5.41, 5.74) is 8.63. The number of halogens is 1. The van der Waals surface area contributed by atoms with Crippen molar-refractivity contribution in [3.8, 4) is 22.6 Å². The fourth-order valence-electron chi connectivity index (χ4n) is 2.29. The number of hydrogen-bond acceptors (Lipinski definition) is 2. The van der Waals surface area contributed by atoms with E-state index < -0.39 is 5.91 Å². The molecule has 1 aromatic heterocycles. The molecule has 110 valence electrons. The second-order valence-electron chi connectivity index (χ2n) is 4.93. The summed E-state index contributed by atoms with van der Waals surface area (Å²) in [7, 11) is 0. The number of nitrogens with two attached hydrogens (primary N) is 1. The van der Waals surface area contributed by atoms with Crippen LogP contribution in [0.3, 0.4) is 0 Å². The smallest absolute Gasteiger partial charge is 0.223 e. The summed E-state index contributed by atoms with van der Waals surface area (Å²) in [6.07, 6.45) is 0.116. The molecule has 0 radical (unpaired) electrons. The van der Waals surface area contributed by atoms with Gasteiger partial charge in [-0.2, -0.15) is 0 Å². The molecule has 0 saturated heterocycles. The molecule has 0 saturated carbocycles. The van der Waals surface area contributed by atoms with Gasteiger partial charge in [-0.05, 0) is 24.3 Å². The summed E-state index contributed by atoms with van der Waals surface area (Å²) >= 11 is 5.91. The minimum Gasteiger partial charge on any atom is -0.369 e. The van der Waals surface area contributed by atoms with E-state index >= 15 is 0 Å². The number of imidazole rings is 1. The molecule has 3 aromatic rings.